The fourth-order valence-electron chi connectivity index (χ4n) is 1.79. The lowest BCUT2D eigenvalue weighted by Crippen LogP contribution is -2.41. The van der Waals surface area contributed by atoms with E-state index in [2.05, 4.69) is 29.5 Å². The second-order valence-corrected chi connectivity index (χ2v) is 4.83. The zero-order chi connectivity index (χ0) is 13.4. The zero-order valence-corrected chi connectivity index (χ0v) is 11.4. The van der Waals surface area contributed by atoms with E-state index in [1.54, 1.807) is 12.4 Å². The topological polar surface area (TPSA) is 54.0 Å². The minimum Gasteiger partial charge on any atom is -0.336 e. The van der Waals surface area contributed by atoms with Crippen LogP contribution in [0.4, 0.5) is 4.79 Å². The van der Waals surface area contributed by atoms with Crippen molar-refractivity contribution in [1.82, 2.24) is 15.6 Å². The van der Waals surface area contributed by atoms with Gasteiger partial charge in [0.05, 0.1) is 0 Å². The SMILES string of the molecule is CC[C@H](C)C[C@H](C)NC(=O)NCc1ccncc1. The number of hydrogen-bond acceptors (Lipinski definition) is 2. The first-order valence-electron chi connectivity index (χ1n) is 6.55. The molecule has 1 rings (SSSR count). The number of carbonyl (C=O) groups is 1. The van der Waals surface area contributed by atoms with Crippen molar-refractivity contribution in [2.24, 2.45) is 5.92 Å². The highest BCUT2D eigenvalue weighted by atomic mass is 16.2. The molecule has 0 saturated carbocycles. The van der Waals surface area contributed by atoms with Gasteiger partial charge in [0.25, 0.3) is 0 Å². The van der Waals surface area contributed by atoms with E-state index in [9.17, 15) is 4.79 Å². The molecule has 18 heavy (non-hydrogen) atoms. The second-order valence-electron chi connectivity index (χ2n) is 4.83. The summed E-state index contributed by atoms with van der Waals surface area (Å²) in [5.74, 6) is 0.639. The highest BCUT2D eigenvalue weighted by molar-refractivity contribution is 5.74. The summed E-state index contributed by atoms with van der Waals surface area (Å²) < 4.78 is 0. The van der Waals surface area contributed by atoms with Crippen molar-refractivity contribution in [1.29, 1.82) is 0 Å². The van der Waals surface area contributed by atoms with Crippen LogP contribution in [0.25, 0.3) is 0 Å². The van der Waals surface area contributed by atoms with Crippen molar-refractivity contribution in [2.45, 2.75) is 46.2 Å². The maximum Gasteiger partial charge on any atom is 0.315 e. The van der Waals surface area contributed by atoms with Gasteiger partial charge < -0.3 is 10.6 Å². The Hall–Kier alpha value is -1.58. The summed E-state index contributed by atoms with van der Waals surface area (Å²) in [6.07, 6.45) is 5.60. The Morgan fingerprint density at radius 3 is 2.61 bits per heavy atom. The molecule has 0 aromatic carbocycles. The van der Waals surface area contributed by atoms with Gasteiger partial charge in [-0.3, -0.25) is 4.98 Å². The Balaban J connectivity index is 2.25. The molecule has 1 heterocycles. The number of hydrogen-bond donors (Lipinski definition) is 2. The Bertz CT molecular complexity index is 353. The molecule has 0 bridgehead atoms. The number of nitrogens with one attached hydrogen (secondary N) is 2. The van der Waals surface area contributed by atoms with Gasteiger partial charge in [0, 0.05) is 25.0 Å². The van der Waals surface area contributed by atoms with E-state index in [1.807, 2.05) is 19.1 Å². The molecule has 100 valence electrons. The van der Waals surface area contributed by atoms with Gasteiger partial charge in [-0.05, 0) is 37.0 Å². The van der Waals surface area contributed by atoms with Gasteiger partial charge in [0.2, 0.25) is 0 Å². The van der Waals surface area contributed by atoms with Crippen molar-refractivity contribution < 1.29 is 4.79 Å². The van der Waals surface area contributed by atoms with Crippen LogP contribution in [0.1, 0.15) is 39.2 Å². The molecule has 2 N–H and O–H groups in total. The van der Waals surface area contributed by atoms with E-state index in [0.717, 1.165) is 18.4 Å². The molecule has 0 aliphatic heterocycles. The molecule has 0 aliphatic rings. The average molecular weight is 249 g/mol. The first-order chi connectivity index (χ1) is 8.61. The predicted octanol–water partition coefficient (Wildman–Crippen LogP) is 2.71. The highest BCUT2D eigenvalue weighted by Crippen LogP contribution is 2.09. The van der Waals surface area contributed by atoms with E-state index < -0.39 is 0 Å². The lowest BCUT2D eigenvalue weighted by atomic mass is 10.0. The largest absolute Gasteiger partial charge is 0.336 e. The molecule has 2 amide bonds. The van der Waals surface area contributed by atoms with Gasteiger partial charge in [-0.2, -0.15) is 0 Å². The summed E-state index contributed by atoms with van der Waals surface area (Å²) in [7, 11) is 0. The number of pyridine rings is 1. The quantitative estimate of drug-likeness (QED) is 0.814. The van der Waals surface area contributed by atoms with Crippen LogP contribution < -0.4 is 10.6 Å². The van der Waals surface area contributed by atoms with E-state index in [0.29, 0.717) is 12.5 Å². The molecule has 1 aromatic heterocycles. The maximum atomic E-state index is 11.7. The molecule has 0 saturated heterocycles. The Morgan fingerprint density at radius 1 is 1.33 bits per heavy atom. The third-order valence-electron chi connectivity index (χ3n) is 3.03. The Morgan fingerprint density at radius 2 is 2.00 bits per heavy atom. The number of rotatable bonds is 6. The van der Waals surface area contributed by atoms with Gasteiger partial charge >= 0.3 is 6.03 Å². The molecule has 2 atom stereocenters. The summed E-state index contributed by atoms with van der Waals surface area (Å²) >= 11 is 0. The van der Waals surface area contributed by atoms with E-state index in [1.165, 1.54) is 0 Å². The number of nitrogens with zero attached hydrogens (tertiary/aromatic N) is 1. The predicted molar refractivity (Wildman–Crippen MR) is 73.1 cm³/mol. The van der Waals surface area contributed by atoms with Crippen LogP contribution in [0, 0.1) is 5.92 Å². The lowest BCUT2D eigenvalue weighted by molar-refractivity contribution is 0.235. The molecule has 0 fully saturated rings. The standard InChI is InChI=1S/C14H23N3O/c1-4-11(2)9-12(3)17-14(18)16-10-13-5-7-15-8-6-13/h5-8,11-12H,4,9-10H2,1-3H3,(H2,16,17,18)/t11-,12-/m0/s1. The summed E-state index contributed by atoms with van der Waals surface area (Å²) in [6.45, 7) is 6.94. The van der Waals surface area contributed by atoms with Crippen LogP contribution >= 0.6 is 0 Å². The zero-order valence-electron chi connectivity index (χ0n) is 11.4. The molecular weight excluding hydrogens is 226 g/mol. The van der Waals surface area contributed by atoms with Crippen LogP contribution in [-0.2, 0) is 6.54 Å². The first kappa shape index (κ1) is 14.5. The average Bonchev–Trinajstić information content (AvgIpc) is 2.37. The summed E-state index contributed by atoms with van der Waals surface area (Å²) in [4.78, 5) is 15.6. The third kappa shape index (κ3) is 5.66. The van der Waals surface area contributed by atoms with Gasteiger partial charge in [0.15, 0.2) is 0 Å². The fraction of sp³-hybridized carbons (Fsp3) is 0.571. The van der Waals surface area contributed by atoms with E-state index >= 15 is 0 Å². The van der Waals surface area contributed by atoms with Crippen molar-refractivity contribution in [3.63, 3.8) is 0 Å². The molecule has 0 aliphatic carbocycles. The van der Waals surface area contributed by atoms with Crippen LogP contribution in [0.2, 0.25) is 0 Å². The van der Waals surface area contributed by atoms with Crippen LogP contribution in [0.15, 0.2) is 24.5 Å². The van der Waals surface area contributed by atoms with E-state index in [-0.39, 0.29) is 12.1 Å². The van der Waals surface area contributed by atoms with Gasteiger partial charge in [-0.25, -0.2) is 4.79 Å². The first-order valence-corrected chi connectivity index (χ1v) is 6.55. The van der Waals surface area contributed by atoms with Crippen molar-refractivity contribution in [3.8, 4) is 0 Å². The van der Waals surface area contributed by atoms with Crippen LogP contribution in [0.5, 0.6) is 0 Å². The molecule has 4 nitrogen and oxygen atoms in total. The lowest BCUT2D eigenvalue weighted by Gasteiger charge is -2.17. The smallest absolute Gasteiger partial charge is 0.315 e. The minimum absolute atomic E-state index is 0.109. The number of carbonyl (C=O) groups excluding carboxylic acids is 1. The number of urea groups is 1. The van der Waals surface area contributed by atoms with Gasteiger partial charge in [0.1, 0.15) is 0 Å². The maximum absolute atomic E-state index is 11.7. The number of aromatic nitrogens is 1. The Kier molecular flexibility index (Phi) is 6.19. The van der Waals surface area contributed by atoms with Crippen LogP contribution in [0.3, 0.4) is 0 Å². The van der Waals surface area contributed by atoms with Gasteiger partial charge in [-0.1, -0.05) is 20.3 Å². The molecule has 0 unspecified atom stereocenters. The third-order valence-corrected chi connectivity index (χ3v) is 3.03. The van der Waals surface area contributed by atoms with Crippen molar-refractivity contribution >= 4 is 6.03 Å². The molecule has 1 aromatic rings. The van der Waals surface area contributed by atoms with Crippen LogP contribution in [-0.4, -0.2) is 17.1 Å². The monoisotopic (exact) mass is 249 g/mol. The Labute approximate surface area is 109 Å². The number of amides is 2. The van der Waals surface area contributed by atoms with Crippen molar-refractivity contribution in [3.05, 3.63) is 30.1 Å². The summed E-state index contributed by atoms with van der Waals surface area (Å²) in [5.41, 5.74) is 1.05. The van der Waals surface area contributed by atoms with Gasteiger partial charge in [-0.15, -0.1) is 0 Å². The minimum atomic E-state index is -0.109. The normalized spacial score (nSPS) is 13.7. The summed E-state index contributed by atoms with van der Waals surface area (Å²) in [6, 6.07) is 3.88. The highest BCUT2D eigenvalue weighted by Gasteiger charge is 2.09. The van der Waals surface area contributed by atoms with Crippen molar-refractivity contribution in [2.75, 3.05) is 0 Å². The second kappa shape index (κ2) is 7.69. The molecule has 0 radical (unpaired) electrons. The summed E-state index contributed by atoms with van der Waals surface area (Å²) in [5, 5.41) is 5.79. The molecule has 4 heteroatoms. The molecular formula is C14H23N3O. The molecule has 0 spiro atoms. The fourth-order valence-corrected chi connectivity index (χ4v) is 1.79. The van der Waals surface area contributed by atoms with E-state index in [4.69, 9.17) is 0 Å².